The van der Waals surface area contributed by atoms with Crippen molar-refractivity contribution >= 4 is 11.8 Å². The first-order chi connectivity index (χ1) is 14.1. The van der Waals surface area contributed by atoms with E-state index in [1.807, 2.05) is 13.2 Å². The molecule has 2 N–H and O–H groups in total. The molecule has 1 saturated heterocycles. The van der Waals surface area contributed by atoms with E-state index in [1.54, 1.807) is 10.9 Å². The van der Waals surface area contributed by atoms with Gasteiger partial charge in [0, 0.05) is 56.9 Å². The lowest BCUT2D eigenvalue weighted by molar-refractivity contribution is -0.122. The van der Waals surface area contributed by atoms with Gasteiger partial charge in [0.2, 0.25) is 5.91 Å². The van der Waals surface area contributed by atoms with Crippen LogP contribution in [0.15, 0.2) is 29.5 Å². The summed E-state index contributed by atoms with van der Waals surface area (Å²) in [5.41, 5.74) is 1.29. The number of rotatable bonds is 9. The summed E-state index contributed by atoms with van der Waals surface area (Å²) >= 11 is 0. The lowest BCUT2D eigenvalue weighted by atomic mass is 10.1. The van der Waals surface area contributed by atoms with E-state index < -0.39 is 0 Å². The number of nitrogens with one attached hydrogen (secondary N) is 2. The zero-order valence-electron chi connectivity index (χ0n) is 16.7. The van der Waals surface area contributed by atoms with Gasteiger partial charge in [-0.15, -0.1) is 0 Å². The zero-order chi connectivity index (χ0) is 20.2. The smallest absolute Gasteiger partial charge is 0.273 e. The standard InChI is InChI=1S/C20H28N6O3/c1-25-10-15(8-24-25)7-21-19(27)6-16-4-5-17(26(16)11-14-2-3-14)9-22-20(28)18-12-29-13-23-18/h8,10,12-14,16-17H,2-7,9,11H2,1H3,(H,21,27)(H,22,28)/t16-,17+/m1/s1. The van der Waals surface area contributed by atoms with Gasteiger partial charge in [0.05, 0.1) is 6.20 Å². The van der Waals surface area contributed by atoms with E-state index in [0.717, 1.165) is 30.9 Å². The Bertz CT molecular complexity index is 829. The molecular weight excluding hydrogens is 372 g/mol. The Balaban J connectivity index is 1.29. The molecule has 4 rings (SSSR count). The molecule has 0 aromatic carbocycles. The third-order valence-electron chi connectivity index (χ3n) is 5.77. The highest BCUT2D eigenvalue weighted by Crippen LogP contribution is 2.35. The van der Waals surface area contributed by atoms with E-state index in [0.29, 0.717) is 25.2 Å². The second kappa shape index (κ2) is 8.77. The monoisotopic (exact) mass is 400 g/mol. The highest BCUT2D eigenvalue weighted by Gasteiger charge is 2.38. The summed E-state index contributed by atoms with van der Waals surface area (Å²) in [5, 5.41) is 10.1. The number of aromatic nitrogens is 3. The fourth-order valence-corrected chi connectivity index (χ4v) is 4.03. The van der Waals surface area contributed by atoms with Crippen LogP contribution in [0.5, 0.6) is 0 Å². The van der Waals surface area contributed by atoms with Crippen LogP contribution in [0.25, 0.3) is 0 Å². The van der Waals surface area contributed by atoms with Gasteiger partial charge in [0.15, 0.2) is 12.1 Å². The molecule has 9 heteroatoms. The maximum Gasteiger partial charge on any atom is 0.273 e. The average molecular weight is 400 g/mol. The van der Waals surface area contributed by atoms with Gasteiger partial charge < -0.3 is 15.1 Å². The largest absolute Gasteiger partial charge is 0.451 e. The maximum atomic E-state index is 12.5. The normalized spacial score (nSPS) is 22.0. The molecular formula is C20H28N6O3. The Morgan fingerprint density at radius 3 is 2.72 bits per heavy atom. The second-order valence-corrected chi connectivity index (χ2v) is 8.11. The van der Waals surface area contributed by atoms with Crippen molar-refractivity contribution in [2.45, 2.75) is 50.7 Å². The summed E-state index contributed by atoms with van der Waals surface area (Å²) in [5.74, 6) is 0.567. The van der Waals surface area contributed by atoms with Crippen molar-refractivity contribution in [1.29, 1.82) is 0 Å². The van der Waals surface area contributed by atoms with Gasteiger partial charge in [-0.05, 0) is 31.6 Å². The molecule has 1 saturated carbocycles. The minimum Gasteiger partial charge on any atom is -0.451 e. The number of carbonyl (C=O) groups is 2. The van der Waals surface area contributed by atoms with E-state index in [4.69, 9.17) is 4.42 Å². The first kappa shape index (κ1) is 19.6. The van der Waals surface area contributed by atoms with E-state index in [2.05, 4.69) is 25.6 Å². The number of hydrogen-bond acceptors (Lipinski definition) is 6. The van der Waals surface area contributed by atoms with Crippen molar-refractivity contribution in [3.8, 4) is 0 Å². The molecule has 2 aromatic heterocycles. The van der Waals surface area contributed by atoms with Crippen LogP contribution in [0.3, 0.4) is 0 Å². The third kappa shape index (κ3) is 5.23. The third-order valence-corrected chi connectivity index (χ3v) is 5.77. The van der Waals surface area contributed by atoms with Crippen molar-refractivity contribution in [3.05, 3.63) is 36.3 Å². The average Bonchev–Trinajstić information content (AvgIpc) is 3.09. The lowest BCUT2D eigenvalue weighted by Gasteiger charge is -2.30. The molecule has 1 aliphatic heterocycles. The van der Waals surface area contributed by atoms with Gasteiger partial charge in [-0.25, -0.2) is 4.98 Å². The predicted molar refractivity (Wildman–Crippen MR) is 105 cm³/mol. The Labute approximate surface area is 169 Å². The van der Waals surface area contributed by atoms with Crippen LogP contribution in [0, 0.1) is 5.92 Å². The predicted octanol–water partition coefficient (Wildman–Crippen LogP) is 1.09. The van der Waals surface area contributed by atoms with Crippen LogP contribution in [0.2, 0.25) is 0 Å². The minimum atomic E-state index is -0.220. The SMILES string of the molecule is Cn1cc(CNC(=O)C[C@H]2CC[C@@H](CNC(=O)c3cocn3)N2CC2CC2)cn1. The Hall–Kier alpha value is -2.68. The molecule has 2 atom stereocenters. The molecule has 2 aliphatic rings. The van der Waals surface area contributed by atoms with Crippen molar-refractivity contribution in [2.75, 3.05) is 13.1 Å². The summed E-state index contributed by atoms with van der Waals surface area (Å²) in [6.45, 7) is 2.07. The van der Waals surface area contributed by atoms with Gasteiger partial charge in [-0.2, -0.15) is 5.10 Å². The highest BCUT2D eigenvalue weighted by molar-refractivity contribution is 5.91. The van der Waals surface area contributed by atoms with Crippen LogP contribution in [0.4, 0.5) is 0 Å². The quantitative estimate of drug-likeness (QED) is 0.653. The first-order valence-electron chi connectivity index (χ1n) is 10.2. The number of oxazole rings is 1. The van der Waals surface area contributed by atoms with Crippen LogP contribution in [0.1, 0.15) is 48.2 Å². The van der Waals surface area contributed by atoms with E-state index in [1.165, 1.54) is 25.5 Å². The van der Waals surface area contributed by atoms with Crippen LogP contribution >= 0.6 is 0 Å². The van der Waals surface area contributed by atoms with Crippen LogP contribution in [-0.4, -0.2) is 56.7 Å². The molecule has 1 aliphatic carbocycles. The summed E-state index contributed by atoms with van der Waals surface area (Å²) < 4.78 is 6.60. The number of carbonyl (C=O) groups excluding carboxylic acids is 2. The van der Waals surface area contributed by atoms with E-state index in [9.17, 15) is 9.59 Å². The molecule has 0 spiro atoms. The Morgan fingerprint density at radius 2 is 2.03 bits per heavy atom. The number of likely N-dealkylation sites (tertiary alicyclic amines) is 1. The van der Waals surface area contributed by atoms with Gasteiger partial charge in [0.1, 0.15) is 6.26 Å². The van der Waals surface area contributed by atoms with Gasteiger partial charge in [-0.3, -0.25) is 19.2 Å². The summed E-state index contributed by atoms with van der Waals surface area (Å²) in [6, 6.07) is 0.473. The molecule has 156 valence electrons. The van der Waals surface area contributed by atoms with Crippen LogP contribution < -0.4 is 10.6 Å². The number of amides is 2. The zero-order valence-corrected chi connectivity index (χ0v) is 16.7. The molecule has 3 heterocycles. The molecule has 9 nitrogen and oxygen atoms in total. The number of nitrogens with zero attached hydrogens (tertiary/aromatic N) is 4. The molecule has 29 heavy (non-hydrogen) atoms. The first-order valence-corrected chi connectivity index (χ1v) is 10.2. The Kier molecular flexibility index (Phi) is 5.94. The summed E-state index contributed by atoms with van der Waals surface area (Å²) in [4.78, 5) is 31.0. The minimum absolute atomic E-state index is 0.0620. The van der Waals surface area contributed by atoms with Crippen molar-refractivity contribution in [2.24, 2.45) is 13.0 Å². The van der Waals surface area contributed by atoms with Gasteiger partial charge in [0.25, 0.3) is 5.91 Å². The van der Waals surface area contributed by atoms with Crippen molar-refractivity contribution in [3.63, 3.8) is 0 Å². The van der Waals surface area contributed by atoms with Crippen LogP contribution in [-0.2, 0) is 18.4 Å². The van der Waals surface area contributed by atoms with Crippen molar-refractivity contribution in [1.82, 2.24) is 30.3 Å². The fraction of sp³-hybridized carbons (Fsp3) is 0.600. The molecule has 0 bridgehead atoms. The van der Waals surface area contributed by atoms with E-state index in [-0.39, 0.29) is 23.9 Å². The maximum absolute atomic E-state index is 12.5. The Morgan fingerprint density at radius 1 is 1.21 bits per heavy atom. The van der Waals surface area contributed by atoms with Gasteiger partial charge in [-0.1, -0.05) is 0 Å². The van der Waals surface area contributed by atoms with Gasteiger partial charge >= 0.3 is 0 Å². The summed E-state index contributed by atoms with van der Waals surface area (Å²) in [6.07, 6.45) is 11.2. The molecule has 2 aromatic rings. The fourth-order valence-electron chi connectivity index (χ4n) is 4.03. The summed E-state index contributed by atoms with van der Waals surface area (Å²) in [7, 11) is 1.86. The second-order valence-electron chi connectivity index (χ2n) is 8.11. The highest BCUT2D eigenvalue weighted by atomic mass is 16.3. The topological polar surface area (TPSA) is 105 Å². The molecule has 2 amide bonds. The molecule has 0 radical (unpaired) electrons. The number of hydrogen-bond donors (Lipinski definition) is 2. The van der Waals surface area contributed by atoms with Crippen molar-refractivity contribution < 1.29 is 14.0 Å². The molecule has 2 fully saturated rings. The molecule has 0 unspecified atom stereocenters. The number of aryl methyl sites for hydroxylation is 1. The van der Waals surface area contributed by atoms with E-state index >= 15 is 0 Å². The lowest BCUT2D eigenvalue weighted by Crippen LogP contribution is -2.45.